The lowest BCUT2D eigenvalue weighted by molar-refractivity contribution is -0.145. The van der Waals surface area contributed by atoms with E-state index in [0.717, 1.165) is 13.0 Å². The fourth-order valence-corrected chi connectivity index (χ4v) is 0.832. The van der Waals surface area contributed by atoms with E-state index in [1.54, 1.807) is 0 Å². The van der Waals surface area contributed by atoms with Crippen LogP contribution in [0.2, 0.25) is 0 Å². The summed E-state index contributed by atoms with van der Waals surface area (Å²) >= 11 is 0. The number of ketones is 1. The highest BCUT2D eigenvalue weighted by Crippen LogP contribution is 2.15. The largest absolute Gasteiger partial charge is 0.370 e. The van der Waals surface area contributed by atoms with E-state index in [1.807, 2.05) is 13.8 Å². The Kier molecular flexibility index (Phi) is 1.86. The standard InChI is InChI=1S/C7H12O2/c1-5(2)7(8)6-3-4-9-6/h5-6H,3-4H2,1-2H3/t6-/m0/s1. The van der Waals surface area contributed by atoms with Gasteiger partial charge in [0.2, 0.25) is 0 Å². The van der Waals surface area contributed by atoms with Gasteiger partial charge in [0.1, 0.15) is 6.10 Å². The van der Waals surface area contributed by atoms with Gasteiger partial charge in [0.15, 0.2) is 5.78 Å². The average Bonchev–Trinajstić information content (AvgIpc) is 1.60. The lowest BCUT2D eigenvalue weighted by Gasteiger charge is -2.26. The average molecular weight is 128 g/mol. The summed E-state index contributed by atoms with van der Waals surface area (Å²) in [5.74, 6) is 0.386. The van der Waals surface area contributed by atoms with Gasteiger partial charge in [-0.15, -0.1) is 0 Å². The molecule has 0 aliphatic carbocycles. The van der Waals surface area contributed by atoms with Crippen molar-refractivity contribution in [3.05, 3.63) is 0 Å². The maximum absolute atomic E-state index is 11.0. The van der Waals surface area contributed by atoms with E-state index in [0.29, 0.717) is 0 Å². The highest BCUT2D eigenvalue weighted by atomic mass is 16.5. The van der Waals surface area contributed by atoms with Crippen molar-refractivity contribution in [1.82, 2.24) is 0 Å². The Balaban J connectivity index is 2.32. The molecule has 1 atom stereocenters. The summed E-state index contributed by atoms with van der Waals surface area (Å²) < 4.78 is 5.00. The molecule has 1 fully saturated rings. The second-order valence-electron chi connectivity index (χ2n) is 2.71. The number of Topliss-reactive ketones (excluding diaryl/α,β-unsaturated/α-hetero) is 1. The second-order valence-corrected chi connectivity index (χ2v) is 2.71. The molecule has 1 aliphatic rings. The van der Waals surface area contributed by atoms with Gasteiger partial charge in [-0.2, -0.15) is 0 Å². The van der Waals surface area contributed by atoms with E-state index in [2.05, 4.69) is 0 Å². The Morgan fingerprint density at radius 2 is 2.22 bits per heavy atom. The Bertz CT molecular complexity index is 114. The smallest absolute Gasteiger partial charge is 0.164 e. The molecule has 0 radical (unpaired) electrons. The second kappa shape index (κ2) is 2.48. The quantitative estimate of drug-likeness (QED) is 0.554. The zero-order valence-corrected chi connectivity index (χ0v) is 5.89. The summed E-state index contributed by atoms with van der Waals surface area (Å²) in [5.41, 5.74) is 0. The SMILES string of the molecule is CC(C)C(=O)[C@@H]1CCO1. The van der Waals surface area contributed by atoms with Crippen molar-refractivity contribution in [2.45, 2.75) is 26.4 Å². The van der Waals surface area contributed by atoms with E-state index in [1.165, 1.54) is 0 Å². The fraction of sp³-hybridized carbons (Fsp3) is 0.857. The van der Waals surface area contributed by atoms with Crippen molar-refractivity contribution in [1.29, 1.82) is 0 Å². The van der Waals surface area contributed by atoms with Crippen molar-refractivity contribution in [2.75, 3.05) is 6.61 Å². The molecular weight excluding hydrogens is 116 g/mol. The summed E-state index contributed by atoms with van der Waals surface area (Å²) in [6, 6.07) is 0. The van der Waals surface area contributed by atoms with Gasteiger partial charge in [-0.1, -0.05) is 13.8 Å². The van der Waals surface area contributed by atoms with Crippen LogP contribution >= 0.6 is 0 Å². The minimum atomic E-state index is -0.0648. The first-order chi connectivity index (χ1) is 4.22. The van der Waals surface area contributed by atoms with Gasteiger partial charge in [-0.3, -0.25) is 4.79 Å². The molecule has 0 aromatic heterocycles. The zero-order valence-electron chi connectivity index (χ0n) is 5.89. The molecule has 0 aromatic carbocycles. The van der Waals surface area contributed by atoms with Crippen LogP contribution in [0.15, 0.2) is 0 Å². The molecule has 1 rings (SSSR count). The molecule has 9 heavy (non-hydrogen) atoms. The lowest BCUT2D eigenvalue weighted by Crippen LogP contribution is -2.37. The molecule has 52 valence electrons. The van der Waals surface area contributed by atoms with Gasteiger partial charge < -0.3 is 4.74 Å². The number of hydrogen-bond donors (Lipinski definition) is 0. The highest BCUT2D eigenvalue weighted by molar-refractivity contribution is 5.85. The molecule has 1 saturated heterocycles. The third kappa shape index (κ3) is 1.30. The molecule has 2 heteroatoms. The molecule has 1 heterocycles. The third-order valence-electron chi connectivity index (χ3n) is 1.59. The van der Waals surface area contributed by atoms with Gasteiger partial charge in [-0.05, 0) is 0 Å². The van der Waals surface area contributed by atoms with Gasteiger partial charge in [-0.25, -0.2) is 0 Å². The Hall–Kier alpha value is -0.370. The minimum absolute atomic E-state index is 0.0648. The molecular formula is C7H12O2. The van der Waals surface area contributed by atoms with Gasteiger partial charge in [0.25, 0.3) is 0 Å². The number of carbonyl (C=O) groups is 1. The zero-order chi connectivity index (χ0) is 6.85. The molecule has 0 spiro atoms. The van der Waals surface area contributed by atoms with Gasteiger partial charge in [0.05, 0.1) is 6.61 Å². The molecule has 2 nitrogen and oxygen atoms in total. The minimum Gasteiger partial charge on any atom is -0.370 e. The maximum atomic E-state index is 11.0. The number of rotatable bonds is 2. The molecule has 0 unspecified atom stereocenters. The van der Waals surface area contributed by atoms with Crippen LogP contribution in [-0.4, -0.2) is 18.5 Å². The monoisotopic (exact) mass is 128 g/mol. The van der Waals surface area contributed by atoms with Crippen LogP contribution in [-0.2, 0) is 9.53 Å². The molecule has 0 bridgehead atoms. The maximum Gasteiger partial charge on any atom is 0.164 e. The van der Waals surface area contributed by atoms with Crippen LogP contribution in [0.5, 0.6) is 0 Å². The van der Waals surface area contributed by atoms with Crippen LogP contribution in [0.4, 0.5) is 0 Å². The summed E-state index contributed by atoms with van der Waals surface area (Å²) in [4.78, 5) is 11.0. The molecule has 0 aromatic rings. The summed E-state index contributed by atoms with van der Waals surface area (Å²) in [6.45, 7) is 4.58. The normalized spacial score (nSPS) is 25.9. The summed E-state index contributed by atoms with van der Waals surface area (Å²) in [7, 11) is 0. The number of carbonyl (C=O) groups excluding carboxylic acids is 1. The Morgan fingerprint density at radius 3 is 2.33 bits per heavy atom. The molecule has 0 amide bonds. The predicted octanol–water partition coefficient (Wildman–Crippen LogP) is 1.00. The van der Waals surface area contributed by atoms with Crippen LogP contribution in [0.1, 0.15) is 20.3 Å². The van der Waals surface area contributed by atoms with Crippen LogP contribution in [0.25, 0.3) is 0 Å². The first kappa shape index (κ1) is 6.75. The van der Waals surface area contributed by atoms with Gasteiger partial charge in [0, 0.05) is 12.3 Å². The Morgan fingerprint density at radius 1 is 1.67 bits per heavy atom. The molecule has 0 saturated carbocycles. The number of hydrogen-bond acceptors (Lipinski definition) is 2. The summed E-state index contributed by atoms with van der Waals surface area (Å²) in [5, 5.41) is 0. The fourth-order valence-electron chi connectivity index (χ4n) is 0.832. The molecule has 0 N–H and O–H groups in total. The lowest BCUT2D eigenvalue weighted by atomic mass is 9.99. The molecule has 1 aliphatic heterocycles. The topological polar surface area (TPSA) is 26.3 Å². The first-order valence-electron chi connectivity index (χ1n) is 3.37. The van der Waals surface area contributed by atoms with E-state index in [4.69, 9.17) is 4.74 Å². The Labute approximate surface area is 55.2 Å². The van der Waals surface area contributed by atoms with E-state index in [-0.39, 0.29) is 17.8 Å². The van der Waals surface area contributed by atoms with Crippen molar-refractivity contribution >= 4 is 5.78 Å². The van der Waals surface area contributed by atoms with Crippen LogP contribution in [0.3, 0.4) is 0 Å². The third-order valence-corrected chi connectivity index (χ3v) is 1.59. The first-order valence-corrected chi connectivity index (χ1v) is 3.37. The van der Waals surface area contributed by atoms with Crippen molar-refractivity contribution in [3.8, 4) is 0 Å². The number of ether oxygens (including phenoxy) is 1. The predicted molar refractivity (Wildman–Crippen MR) is 34.2 cm³/mol. The van der Waals surface area contributed by atoms with E-state index >= 15 is 0 Å². The van der Waals surface area contributed by atoms with Crippen LogP contribution in [0, 0.1) is 5.92 Å². The van der Waals surface area contributed by atoms with Crippen molar-refractivity contribution in [2.24, 2.45) is 5.92 Å². The summed E-state index contributed by atoms with van der Waals surface area (Å²) in [6.07, 6.45) is 0.863. The van der Waals surface area contributed by atoms with E-state index in [9.17, 15) is 4.79 Å². The highest BCUT2D eigenvalue weighted by Gasteiger charge is 2.27. The van der Waals surface area contributed by atoms with E-state index < -0.39 is 0 Å². The van der Waals surface area contributed by atoms with Gasteiger partial charge >= 0.3 is 0 Å². The van der Waals surface area contributed by atoms with Crippen molar-refractivity contribution < 1.29 is 9.53 Å². The van der Waals surface area contributed by atoms with Crippen molar-refractivity contribution in [3.63, 3.8) is 0 Å². The van der Waals surface area contributed by atoms with Crippen LogP contribution < -0.4 is 0 Å².